The van der Waals surface area contributed by atoms with E-state index in [9.17, 15) is 13.2 Å². The maximum absolute atomic E-state index is 13.1. The standard InChI is InChI=1S/C24H28F3N5O3/c1-13-30-18-10-19(33-4)20(35-23(2,3)14-5-6-34-12-14)9-17(18)22(31-13)29-11-16-7-15(28)8-21(32-16)24(25,26)27/h7-10,14H,5-6,11-12H2,1-4H3,(H2,28,32)(H,29,30,31). The van der Waals surface area contributed by atoms with Crippen LogP contribution in [0.2, 0.25) is 0 Å². The Morgan fingerprint density at radius 1 is 1.11 bits per heavy atom. The molecule has 8 nitrogen and oxygen atoms in total. The number of pyridine rings is 1. The molecule has 0 bridgehead atoms. The van der Waals surface area contributed by atoms with Crippen LogP contribution in [0.15, 0.2) is 24.3 Å². The number of nitrogens with zero attached hydrogens (tertiary/aromatic N) is 3. The first-order chi connectivity index (χ1) is 16.5. The topological polar surface area (TPSA) is 104 Å². The van der Waals surface area contributed by atoms with E-state index < -0.39 is 17.5 Å². The smallest absolute Gasteiger partial charge is 0.433 e. The molecule has 3 heterocycles. The van der Waals surface area contributed by atoms with E-state index in [-0.39, 0.29) is 23.8 Å². The summed E-state index contributed by atoms with van der Waals surface area (Å²) in [7, 11) is 1.55. The number of benzene rings is 1. The average Bonchev–Trinajstić information content (AvgIpc) is 3.32. The van der Waals surface area contributed by atoms with E-state index in [1.54, 1.807) is 26.2 Å². The van der Waals surface area contributed by atoms with Gasteiger partial charge in [0.1, 0.15) is 22.9 Å². The molecule has 2 aromatic heterocycles. The zero-order valence-electron chi connectivity index (χ0n) is 20.0. The lowest BCUT2D eigenvalue weighted by molar-refractivity contribution is -0.141. The Bertz CT molecular complexity index is 1230. The average molecular weight is 492 g/mol. The second kappa shape index (κ2) is 9.37. The fraction of sp³-hybridized carbons (Fsp3) is 0.458. The Labute approximate surface area is 201 Å². The van der Waals surface area contributed by atoms with Crippen LogP contribution in [0.25, 0.3) is 10.9 Å². The van der Waals surface area contributed by atoms with Gasteiger partial charge in [0, 0.05) is 29.7 Å². The molecule has 188 valence electrons. The van der Waals surface area contributed by atoms with Crippen molar-refractivity contribution in [3.05, 3.63) is 41.5 Å². The minimum absolute atomic E-state index is 0.0210. The highest BCUT2D eigenvalue weighted by atomic mass is 19.4. The van der Waals surface area contributed by atoms with Crippen molar-refractivity contribution < 1.29 is 27.4 Å². The molecule has 0 radical (unpaired) electrons. The van der Waals surface area contributed by atoms with E-state index in [4.69, 9.17) is 19.9 Å². The maximum atomic E-state index is 13.1. The predicted octanol–water partition coefficient (Wildman–Crippen LogP) is 4.75. The molecule has 3 N–H and O–H groups in total. The monoisotopic (exact) mass is 491 g/mol. The molecule has 1 unspecified atom stereocenters. The summed E-state index contributed by atoms with van der Waals surface area (Å²) in [5, 5.41) is 3.71. The summed E-state index contributed by atoms with van der Waals surface area (Å²) in [6.45, 7) is 7.03. The number of nitrogens with two attached hydrogens (primary N) is 1. The van der Waals surface area contributed by atoms with Gasteiger partial charge >= 0.3 is 6.18 Å². The summed E-state index contributed by atoms with van der Waals surface area (Å²) >= 11 is 0. The Hall–Kier alpha value is -3.34. The van der Waals surface area contributed by atoms with Gasteiger partial charge in [-0.1, -0.05) is 0 Å². The van der Waals surface area contributed by atoms with Crippen molar-refractivity contribution in [3.63, 3.8) is 0 Å². The summed E-state index contributed by atoms with van der Waals surface area (Å²) in [4.78, 5) is 12.6. The van der Waals surface area contributed by atoms with E-state index in [0.717, 1.165) is 12.5 Å². The second-order valence-electron chi connectivity index (χ2n) is 9.03. The Morgan fingerprint density at radius 2 is 1.89 bits per heavy atom. The number of fused-ring (bicyclic) bond motifs is 1. The summed E-state index contributed by atoms with van der Waals surface area (Å²) < 4.78 is 56.9. The van der Waals surface area contributed by atoms with Crippen molar-refractivity contribution in [1.29, 1.82) is 0 Å². The largest absolute Gasteiger partial charge is 0.493 e. The molecule has 1 aromatic carbocycles. The molecule has 1 aliphatic rings. The minimum atomic E-state index is -4.59. The van der Waals surface area contributed by atoms with Gasteiger partial charge in [0.05, 0.1) is 31.5 Å². The van der Waals surface area contributed by atoms with Crippen LogP contribution in [0, 0.1) is 12.8 Å². The lowest BCUT2D eigenvalue weighted by Crippen LogP contribution is -2.38. The molecular formula is C24H28F3N5O3. The molecular weight excluding hydrogens is 463 g/mol. The lowest BCUT2D eigenvalue weighted by Gasteiger charge is -2.32. The van der Waals surface area contributed by atoms with Crippen molar-refractivity contribution in [1.82, 2.24) is 15.0 Å². The van der Waals surface area contributed by atoms with Crippen LogP contribution in [0.3, 0.4) is 0 Å². The van der Waals surface area contributed by atoms with Gasteiger partial charge in [-0.15, -0.1) is 0 Å². The van der Waals surface area contributed by atoms with Crippen LogP contribution in [0.4, 0.5) is 24.7 Å². The maximum Gasteiger partial charge on any atom is 0.433 e. The van der Waals surface area contributed by atoms with Gasteiger partial charge in [0.2, 0.25) is 0 Å². The first-order valence-electron chi connectivity index (χ1n) is 11.2. The number of halogens is 3. The highest BCUT2D eigenvalue weighted by Gasteiger charge is 2.36. The first-order valence-corrected chi connectivity index (χ1v) is 11.2. The number of alkyl halides is 3. The molecule has 0 amide bonds. The van der Waals surface area contributed by atoms with E-state index >= 15 is 0 Å². The van der Waals surface area contributed by atoms with E-state index in [1.165, 1.54) is 6.07 Å². The van der Waals surface area contributed by atoms with Crippen molar-refractivity contribution in [2.24, 2.45) is 5.92 Å². The molecule has 1 aliphatic heterocycles. The van der Waals surface area contributed by atoms with E-state index in [1.807, 2.05) is 13.8 Å². The van der Waals surface area contributed by atoms with Gasteiger partial charge < -0.3 is 25.3 Å². The summed E-state index contributed by atoms with van der Waals surface area (Å²) in [6.07, 6.45) is -3.70. The van der Waals surface area contributed by atoms with Crippen LogP contribution in [0.5, 0.6) is 11.5 Å². The molecule has 0 saturated carbocycles. The van der Waals surface area contributed by atoms with Crippen molar-refractivity contribution in [2.75, 3.05) is 31.4 Å². The molecule has 3 aromatic rings. The second-order valence-corrected chi connectivity index (χ2v) is 9.03. The number of aromatic nitrogens is 3. The third-order valence-electron chi connectivity index (χ3n) is 6.01. The number of nitrogen functional groups attached to an aromatic ring is 1. The SMILES string of the molecule is COc1cc2nc(C)nc(NCc3cc(N)cc(C(F)(F)F)n3)c2cc1OC(C)(C)C1CCOC1. The molecule has 0 spiro atoms. The highest BCUT2D eigenvalue weighted by Crippen LogP contribution is 2.39. The van der Waals surface area contributed by atoms with Crippen molar-refractivity contribution in [3.8, 4) is 11.5 Å². The van der Waals surface area contributed by atoms with Crippen LogP contribution < -0.4 is 20.5 Å². The van der Waals surface area contributed by atoms with Crippen LogP contribution in [0.1, 0.15) is 37.5 Å². The van der Waals surface area contributed by atoms with Gasteiger partial charge in [0.15, 0.2) is 11.5 Å². The van der Waals surface area contributed by atoms with E-state index in [2.05, 4.69) is 20.3 Å². The molecule has 0 aliphatic carbocycles. The van der Waals surface area contributed by atoms with Crippen LogP contribution >= 0.6 is 0 Å². The lowest BCUT2D eigenvalue weighted by atomic mass is 9.90. The van der Waals surface area contributed by atoms with Gasteiger partial charge in [-0.25, -0.2) is 15.0 Å². The number of ether oxygens (including phenoxy) is 3. The fourth-order valence-corrected chi connectivity index (χ4v) is 4.10. The van der Waals surface area contributed by atoms with Crippen molar-refractivity contribution in [2.45, 2.75) is 45.5 Å². The summed E-state index contributed by atoms with van der Waals surface area (Å²) in [5.74, 6) is 2.15. The third-order valence-corrected chi connectivity index (χ3v) is 6.01. The molecule has 1 fully saturated rings. The summed E-state index contributed by atoms with van der Waals surface area (Å²) in [5.41, 5.74) is 4.82. The Kier molecular flexibility index (Phi) is 6.63. The molecule has 1 atom stereocenters. The zero-order valence-corrected chi connectivity index (χ0v) is 20.0. The summed E-state index contributed by atoms with van der Waals surface area (Å²) in [6, 6.07) is 5.73. The zero-order chi connectivity index (χ0) is 25.4. The number of anilines is 2. The first kappa shape index (κ1) is 24.8. The Morgan fingerprint density at radius 3 is 2.54 bits per heavy atom. The molecule has 35 heavy (non-hydrogen) atoms. The minimum Gasteiger partial charge on any atom is -0.493 e. The molecule has 1 saturated heterocycles. The number of rotatable bonds is 7. The third kappa shape index (κ3) is 5.50. The predicted molar refractivity (Wildman–Crippen MR) is 125 cm³/mol. The normalized spacial score (nSPS) is 16.5. The quantitative estimate of drug-likeness (QED) is 0.488. The number of hydrogen-bond donors (Lipinski definition) is 2. The van der Waals surface area contributed by atoms with Crippen LogP contribution in [-0.2, 0) is 17.5 Å². The van der Waals surface area contributed by atoms with Crippen LogP contribution in [-0.4, -0.2) is 40.9 Å². The number of nitrogens with one attached hydrogen (secondary N) is 1. The van der Waals surface area contributed by atoms with Gasteiger partial charge in [0.25, 0.3) is 0 Å². The van der Waals surface area contributed by atoms with Gasteiger partial charge in [-0.05, 0) is 45.4 Å². The van der Waals surface area contributed by atoms with Gasteiger partial charge in [-0.3, -0.25) is 0 Å². The van der Waals surface area contributed by atoms with Gasteiger partial charge in [-0.2, -0.15) is 13.2 Å². The van der Waals surface area contributed by atoms with Crippen molar-refractivity contribution >= 4 is 22.4 Å². The fourth-order valence-electron chi connectivity index (χ4n) is 4.10. The number of aryl methyl sites for hydroxylation is 1. The molecule has 11 heteroatoms. The number of hydrogen-bond acceptors (Lipinski definition) is 8. The van der Waals surface area contributed by atoms with E-state index in [0.29, 0.717) is 47.3 Å². The molecule has 4 rings (SSSR count). The number of methoxy groups -OCH3 is 1. The highest BCUT2D eigenvalue weighted by molar-refractivity contribution is 5.91. The Balaban J connectivity index is 1.68.